The summed E-state index contributed by atoms with van der Waals surface area (Å²) in [5, 5.41) is 5.15. The Bertz CT molecular complexity index is 1580. The van der Waals surface area contributed by atoms with Gasteiger partial charge in [-0.1, -0.05) is 48.0 Å². The number of aryl methyl sites for hydroxylation is 1. The van der Waals surface area contributed by atoms with Crippen LogP contribution in [0.1, 0.15) is 21.5 Å². The van der Waals surface area contributed by atoms with E-state index in [1.165, 1.54) is 16.4 Å². The molecule has 9 heteroatoms. The van der Waals surface area contributed by atoms with E-state index >= 15 is 0 Å². The van der Waals surface area contributed by atoms with E-state index in [0.717, 1.165) is 11.3 Å². The molecular formula is C28H25N3O4S2. The van der Waals surface area contributed by atoms with Gasteiger partial charge in [0.2, 0.25) is 9.84 Å². The smallest absolute Gasteiger partial charge is 0.202 e. The van der Waals surface area contributed by atoms with Gasteiger partial charge in [-0.15, -0.1) is 11.8 Å². The number of rotatable bonds is 8. The molecule has 0 atom stereocenters. The fourth-order valence-electron chi connectivity index (χ4n) is 4.14. The number of ketones is 1. The molecule has 0 amide bonds. The fourth-order valence-corrected chi connectivity index (χ4v) is 7.00. The van der Waals surface area contributed by atoms with Crippen molar-refractivity contribution in [3.8, 4) is 22.7 Å². The lowest BCUT2D eigenvalue weighted by Crippen LogP contribution is -2.20. The zero-order valence-corrected chi connectivity index (χ0v) is 22.1. The molecule has 1 aromatic heterocycles. The zero-order valence-electron chi connectivity index (χ0n) is 20.4. The topological polar surface area (TPSA) is 90.6 Å². The minimum absolute atomic E-state index is 0.0430. The molecule has 0 aliphatic carbocycles. The second-order valence-corrected chi connectivity index (χ2v) is 11.7. The van der Waals surface area contributed by atoms with Gasteiger partial charge < -0.3 is 4.74 Å². The maximum absolute atomic E-state index is 14.0. The quantitative estimate of drug-likeness (QED) is 0.297. The van der Waals surface area contributed by atoms with Crippen molar-refractivity contribution in [2.24, 2.45) is 4.99 Å². The van der Waals surface area contributed by atoms with E-state index in [1.54, 1.807) is 67.8 Å². The number of para-hydroxylation sites is 1. The largest absolute Gasteiger partial charge is 0.497 e. The Morgan fingerprint density at radius 3 is 2.32 bits per heavy atom. The normalized spacial score (nSPS) is 13.4. The Kier molecular flexibility index (Phi) is 6.99. The first-order valence-electron chi connectivity index (χ1n) is 11.7. The molecule has 188 valence electrons. The van der Waals surface area contributed by atoms with E-state index in [-0.39, 0.29) is 22.0 Å². The van der Waals surface area contributed by atoms with Crippen LogP contribution in [0.2, 0.25) is 0 Å². The van der Waals surface area contributed by atoms with E-state index in [1.807, 2.05) is 25.1 Å². The van der Waals surface area contributed by atoms with Crippen LogP contribution in [-0.4, -0.2) is 54.2 Å². The van der Waals surface area contributed by atoms with E-state index < -0.39 is 15.6 Å². The predicted octanol–water partition coefficient (Wildman–Crippen LogP) is 5.01. The van der Waals surface area contributed by atoms with Gasteiger partial charge in [-0.2, -0.15) is 5.10 Å². The zero-order chi connectivity index (χ0) is 26.0. The van der Waals surface area contributed by atoms with Crippen molar-refractivity contribution < 1.29 is 17.9 Å². The predicted molar refractivity (Wildman–Crippen MR) is 147 cm³/mol. The Balaban J connectivity index is 1.79. The summed E-state index contributed by atoms with van der Waals surface area (Å²) >= 11 is 1.43. The number of carbonyl (C=O) groups is 1. The third-order valence-corrected chi connectivity index (χ3v) is 8.80. The Morgan fingerprint density at radius 2 is 1.70 bits per heavy atom. The number of aliphatic imine (C=N–C) groups is 1. The summed E-state index contributed by atoms with van der Waals surface area (Å²) in [6.07, 6.45) is 0. The van der Waals surface area contributed by atoms with Crippen LogP contribution < -0.4 is 4.74 Å². The molecule has 4 aromatic rings. The summed E-state index contributed by atoms with van der Waals surface area (Å²) in [6.45, 7) is 2.51. The van der Waals surface area contributed by atoms with Crippen LogP contribution >= 0.6 is 11.8 Å². The maximum atomic E-state index is 14.0. The molecule has 0 spiro atoms. The summed E-state index contributed by atoms with van der Waals surface area (Å²) in [6, 6.07) is 23.1. The van der Waals surface area contributed by atoms with Crippen molar-refractivity contribution in [1.29, 1.82) is 0 Å². The van der Waals surface area contributed by atoms with Crippen molar-refractivity contribution in [1.82, 2.24) is 9.78 Å². The summed E-state index contributed by atoms with van der Waals surface area (Å²) in [7, 11) is -2.44. The second-order valence-electron chi connectivity index (χ2n) is 8.58. The molecule has 0 N–H and O–H groups in total. The molecule has 3 aromatic carbocycles. The number of hydrogen-bond donors (Lipinski definition) is 0. The van der Waals surface area contributed by atoms with Crippen molar-refractivity contribution in [2.45, 2.75) is 11.9 Å². The molecule has 0 fully saturated rings. The molecule has 0 saturated heterocycles. The van der Waals surface area contributed by atoms with Crippen LogP contribution in [0.25, 0.3) is 16.9 Å². The molecule has 2 heterocycles. The summed E-state index contributed by atoms with van der Waals surface area (Å²) in [4.78, 5) is 18.4. The fraction of sp³-hybridized carbons (Fsp3) is 0.179. The number of hydrogen-bond acceptors (Lipinski definition) is 7. The van der Waals surface area contributed by atoms with E-state index in [4.69, 9.17) is 9.84 Å². The molecule has 0 bridgehead atoms. The first kappa shape index (κ1) is 25.0. The number of methoxy groups -OCH3 is 1. The molecule has 0 radical (unpaired) electrons. The first-order chi connectivity index (χ1) is 17.9. The van der Waals surface area contributed by atoms with Crippen molar-refractivity contribution in [3.05, 3.63) is 95.6 Å². The number of thioether (sulfide) groups is 1. The lowest BCUT2D eigenvalue weighted by molar-refractivity contribution is 0.103. The van der Waals surface area contributed by atoms with Gasteiger partial charge in [-0.3, -0.25) is 9.79 Å². The molecular weight excluding hydrogens is 506 g/mol. The maximum Gasteiger partial charge on any atom is 0.202 e. The van der Waals surface area contributed by atoms with E-state index in [2.05, 4.69) is 4.99 Å². The van der Waals surface area contributed by atoms with Gasteiger partial charge >= 0.3 is 0 Å². The highest BCUT2D eigenvalue weighted by atomic mass is 32.2. The second kappa shape index (κ2) is 10.4. The van der Waals surface area contributed by atoms with Crippen LogP contribution in [0.15, 0.2) is 88.9 Å². The van der Waals surface area contributed by atoms with Crippen molar-refractivity contribution in [3.63, 3.8) is 0 Å². The molecule has 37 heavy (non-hydrogen) atoms. The number of ether oxygens (including phenoxy) is 1. The van der Waals surface area contributed by atoms with Crippen LogP contribution in [0, 0.1) is 6.92 Å². The number of nitrogens with zero attached hydrogens (tertiary/aromatic N) is 3. The number of carbonyl (C=O) groups excluding carboxylic acids is 1. The van der Waals surface area contributed by atoms with Crippen LogP contribution in [0.4, 0.5) is 0 Å². The molecule has 1 aliphatic heterocycles. The highest BCUT2D eigenvalue weighted by molar-refractivity contribution is 8.15. The third kappa shape index (κ3) is 5.10. The Labute approximate surface area is 220 Å². The first-order valence-corrected chi connectivity index (χ1v) is 14.3. The van der Waals surface area contributed by atoms with E-state index in [9.17, 15) is 13.2 Å². The van der Waals surface area contributed by atoms with Gasteiger partial charge in [-0.25, -0.2) is 13.1 Å². The summed E-state index contributed by atoms with van der Waals surface area (Å²) < 4.78 is 34.7. The highest BCUT2D eigenvalue weighted by Crippen LogP contribution is 2.34. The van der Waals surface area contributed by atoms with E-state index in [0.29, 0.717) is 34.2 Å². The summed E-state index contributed by atoms with van der Waals surface area (Å²) in [5.41, 5.74) is 2.86. The van der Waals surface area contributed by atoms with Crippen LogP contribution in [0.5, 0.6) is 5.75 Å². The van der Waals surface area contributed by atoms with Gasteiger partial charge in [0.25, 0.3) is 0 Å². The summed E-state index contributed by atoms with van der Waals surface area (Å²) in [5.74, 6) is 0.691. The molecule has 5 rings (SSSR count). The number of aromatic nitrogens is 2. The lowest BCUT2D eigenvalue weighted by atomic mass is 9.99. The Morgan fingerprint density at radius 1 is 1.00 bits per heavy atom. The molecule has 0 unspecified atom stereocenters. The number of sulfone groups is 1. The minimum atomic E-state index is -4.01. The third-order valence-electron chi connectivity index (χ3n) is 6.00. The van der Waals surface area contributed by atoms with Crippen molar-refractivity contribution in [2.75, 3.05) is 25.2 Å². The Hall–Kier alpha value is -3.69. The monoisotopic (exact) mass is 531 g/mol. The average Bonchev–Trinajstić information content (AvgIpc) is 3.57. The van der Waals surface area contributed by atoms with Gasteiger partial charge in [0.1, 0.15) is 17.2 Å². The molecule has 0 saturated carbocycles. The lowest BCUT2D eigenvalue weighted by Gasteiger charge is -2.11. The highest BCUT2D eigenvalue weighted by Gasteiger charge is 2.35. The molecule has 1 aliphatic rings. The minimum Gasteiger partial charge on any atom is -0.497 e. The van der Waals surface area contributed by atoms with Gasteiger partial charge in [-0.05, 0) is 43.3 Å². The average molecular weight is 532 g/mol. The van der Waals surface area contributed by atoms with Crippen LogP contribution in [0.3, 0.4) is 0 Å². The van der Waals surface area contributed by atoms with Gasteiger partial charge in [0.15, 0.2) is 10.8 Å². The number of benzene rings is 3. The van der Waals surface area contributed by atoms with Gasteiger partial charge in [0, 0.05) is 23.4 Å². The van der Waals surface area contributed by atoms with Gasteiger partial charge in [0.05, 0.1) is 23.4 Å². The van der Waals surface area contributed by atoms with Crippen molar-refractivity contribution >= 4 is 32.4 Å². The van der Waals surface area contributed by atoms with Crippen LogP contribution in [-0.2, 0) is 9.84 Å². The SMILES string of the molecule is COc1ccc(-c2nn(-c3ccccc3)c(S(=O)(=O)CC3=NCCS3)c2C(=O)c2ccc(C)cc2)cc1. The molecule has 7 nitrogen and oxygen atoms in total. The standard InChI is InChI=1S/C28H25N3O4S2/c1-19-8-10-21(11-9-19)27(32)25-26(20-12-14-23(35-2)15-13-20)30-31(22-6-4-3-5-7-22)28(25)37(33,34)18-24-29-16-17-36-24/h3-15H,16-18H2,1-2H3.